The van der Waals surface area contributed by atoms with E-state index in [1.54, 1.807) is 36.7 Å². The number of pyridine rings is 1. The monoisotopic (exact) mass is 458 g/mol. The minimum Gasteiger partial charge on any atom is -0.507 e. The van der Waals surface area contributed by atoms with Gasteiger partial charge in [-0.15, -0.1) is 0 Å². The molecular weight excluding hydrogens is 436 g/mol. The minimum absolute atomic E-state index is 0.0889. The number of non-ortho nitro benzene ring substituents is 1. The lowest BCUT2D eigenvalue weighted by Gasteiger charge is -2.26. The van der Waals surface area contributed by atoms with Crippen molar-refractivity contribution < 1.29 is 19.6 Å². The summed E-state index contributed by atoms with van der Waals surface area (Å²) in [4.78, 5) is 44.1. The van der Waals surface area contributed by atoms with Gasteiger partial charge in [0, 0.05) is 56.4 Å². The number of ketones is 1. The molecule has 1 aromatic heterocycles. The Balaban J connectivity index is 1.87. The van der Waals surface area contributed by atoms with Crippen LogP contribution in [0.4, 0.5) is 11.4 Å². The molecule has 9 nitrogen and oxygen atoms in total. The van der Waals surface area contributed by atoms with Gasteiger partial charge < -0.3 is 14.9 Å². The van der Waals surface area contributed by atoms with E-state index in [-0.39, 0.29) is 23.4 Å². The molecule has 4 rings (SSSR count). The van der Waals surface area contributed by atoms with Crippen LogP contribution in [-0.4, -0.2) is 45.7 Å². The van der Waals surface area contributed by atoms with Crippen molar-refractivity contribution >= 4 is 28.8 Å². The Bertz CT molecular complexity index is 1290. The number of hydrogen-bond donors (Lipinski definition) is 1. The first kappa shape index (κ1) is 22.7. The molecule has 0 saturated carbocycles. The molecule has 0 spiro atoms. The van der Waals surface area contributed by atoms with Crippen LogP contribution in [0, 0.1) is 10.1 Å². The second kappa shape index (κ2) is 9.14. The summed E-state index contributed by atoms with van der Waals surface area (Å²) in [5, 5.41) is 22.3. The number of aliphatic hydroxyl groups excluding tert-OH is 1. The molecule has 1 saturated heterocycles. The van der Waals surface area contributed by atoms with Gasteiger partial charge >= 0.3 is 0 Å². The van der Waals surface area contributed by atoms with Crippen LogP contribution in [0.2, 0.25) is 0 Å². The first-order chi connectivity index (χ1) is 16.3. The molecule has 0 bridgehead atoms. The highest BCUT2D eigenvalue weighted by Crippen LogP contribution is 2.41. The zero-order chi connectivity index (χ0) is 24.4. The zero-order valence-corrected chi connectivity index (χ0v) is 18.6. The smallest absolute Gasteiger partial charge is 0.295 e. The zero-order valence-electron chi connectivity index (χ0n) is 18.6. The van der Waals surface area contributed by atoms with E-state index in [1.165, 1.54) is 29.2 Å². The Kier molecular flexibility index (Phi) is 6.09. The molecule has 0 aliphatic carbocycles. The Hall–Kier alpha value is -4.53. The standard InChI is InChI=1S/C25H22N4O5/c1-27(2)19-8-6-17(7-9-19)22-21(23(30)18-4-3-5-20(14-18)29(33)34)24(31)25(32)28(22)15-16-10-12-26-13-11-16/h3-14,22,30H,15H2,1-2H3/b23-21-. The summed E-state index contributed by atoms with van der Waals surface area (Å²) < 4.78 is 0. The van der Waals surface area contributed by atoms with E-state index >= 15 is 0 Å². The van der Waals surface area contributed by atoms with Crippen molar-refractivity contribution in [3.63, 3.8) is 0 Å². The Morgan fingerprint density at radius 3 is 2.38 bits per heavy atom. The molecule has 3 aromatic rings. The number of hydrogen-bond acceptors (Lipinski definition) is 7. The lowest BCUT2D eigenvalue weighted by Crippen LogP contribution is -2.29. The fraction of sp³-hybridized carbons (Fsp3) is 0.160. The summed E-state index contributed by atoms with van der Waals surface area (Å²) in [6.45, 7) is 0.124. The van der Waals surface area contributed by atoms with E-state index in [4.69, 9.17) is 0 Å². The van der Waals surface area contributed by atoms with Gasteiger partial charge in [0.2, 0.25) is 0 Å². The number of aliphatic hydroxyl groups is 1. The van der Waals surface area contributed by atoms with E-state index < -0.39 is 28.4 Å². The molecule has 1 N–H and O–H groups in total. The molecule has 34 heavy (non-hydrogen) atoms. The van der Waals surface area contributed by atoms with Crippen LogP contribution in [0.15, 0.2) is 78.6 Å². The van der Waals surface area contributed by atoms with Crippen molar-refractivity contribution in [2.75, 3.05) is 19.0 Å². The SMILES string of the molecule is CN(C)c1ccc(C2/C(=C(/O)c3cccc([N+](=O)[O-])c3)C(=O)C(=O)N2Cc2ccncc2)cc1. The summed E-state index contributed by atoms with van der Waals surface area (Å²) in [5.74, 6) is -2.06. The molecule has 2 aromatic carbocycles. The van der Waals surface area contributed by atoms with Crippen molar-refractivity contribution in [1.29, 1.82) is 0 Å². The van der Waals surface area contributed by atoms with Crippen LogP contribution in [0.3, 0.4) is 0 Å². The van der Waals surface area contributed by atoms with Crippen molar-refractivity contribution in [2.24, 2.45) is 0 Å². The number of carbonyl (C=O) groups excluding carboxylic acids is 2. The van der Waals surface area contributed by atoms with Crippen LogP contribution >= 0.6 is 0 Å². The van der Waals surface area contributed by atoms with Crippen molar-refractivity contribution in [3.05, 3.63) is 105 Å². The lowest BCUT2D eigenvalue weighted by atomic mass is 9.95. The number of amides is 1. The summed E-state index contributed by atoms with van der Waals surface area (Å²) in [7, 11) is 3.79. The van der Waals surface area contributed by atoms with Gasteiger partial charge in [-0.1, -0.05) is 24.3 Å². The molecule has 1 aliphatic heterocycles. The van der Waals surface area contributed by atoms with E-state index in [2.05, 4.69) is 4.98 Å². The number of nitro benzene ring substituents is 1. The first-order valence-electron chi connectivity index (χ1n) is 10.5. The molecule has 172 valence electrons. The Labute approximate surface area is 195 Å². The number of nitrogens with zero attached hydrogens (tertiary/aromatic N) is 4. The number of Topliss-reactive ketones (excluding diaryl/α,β-unsaturated/α-hetero) is 1. The van der Waals surface area contributed by atoms with Crippen LogP contribution in [-0.2, 0) is 16.1 Å². The highest BCUT2D eigenvalue weighted by molar-refractivity contribution is 6.46. The van der Waals surface area contributed by atoms with Gasteiger partial charge in [0.15, 0.2) is 0 Å². The second-order valence-corrected chi connectivity index (χ2v) is 8.08. The van der Waals surface area contributed by atoms with E-state index in [1.807, 2.05) is 31.1 Å². The molecule has 2 heterocycles. The maximum absolute atomic E-state index is 13.1. The molecule has 1 amide bonds. The summed E-state index contributed by atoms with van der Waals surface area (Å²) in [6, 6.07) is 15.3. The van der Waals surface area contributed by atoms with Crippen molar-refractivity contribution in [2.45, 2.75) is 12.6 Å². The fourth-order valence-electron chi connectivity index (χ4n) is 3.95. The van der Waals surface area contributed by atoms with Gasteiger partial charge in [-0.3, -0.25) is 24.7 Å². The predicted octanol–water partition coefficient (Wildman–Crippen LogP) is 3.68. The first-order valence-corrected chi connectivity index (χ1v) is 10.5. The molecule has 0 radical (unpaired) electrons. The Morgan fingerprint density at radius 1 is 1.09 bits per heavy atom. The number of rotatable bonds is 6. The molecule has 1 fully saturated rings. The summed E-state index contributed by atoms with van der Waals surface area (Å²) >= 11 is 0. The molecule has 1 atom stereocenters. The molecule has 1 aliphatic rings. The quantitative estimate of drug-likeness (QED) is 0.197. The summed E-state index contributed by atoms with van der Waals surface area (Å²) in [6.07, 6.45) is 3.19. The Morgan fingerprint density at radius 2 is 1.76 bits per heavy atom. The number of carbonyl (C=O) groups is 2. The lowest BCUT2D eigenvalue weighted by molar-refractivity contribution is -0.384. The van der Waals surface area contributed by atoms with Crippen molar-refractivity contribution in [3.8, 4) is 0 Å². The topological polar surface area (TPSA) is 117 Å². The largest absolute Gasteiger partial charge is 0.507 e. The molecular formula is C25H22N4O5. The molecule has 1 unspecified atom stereocenters. The fourth-order valence-corrected chi connectivity index (χ4v) is 3.95. The van der Waals surface area contributed by atoms with Gasteiger partial charge in [0.25, 0.3) is 17.4 Å². The van der Waals surface area contributed by atoms with Crippen LogP contribution < -0.4 is 4.90 Å². The van der Waals surface area contributed by atoms with Crippen molar-refractivity contribution in [1.82, 2.24) is 9.88 Å². The number of nitro groups is 1. The van der Waals surface area contributed by atoms with E-state index in [0.29, 0.717) is 5.56 Å². The maximum atomic E-state index is 13.1. The van der Waals surface area contributed by atoms with Gasteiger partial charge in [0.05, 0.1) is 16.5 Å². The van der Waals surface area contributed by atoms with Gasteiger partial charge in [-0.05, 0) is 35.4 Å². The number of likely N-dealkylation sites (tertiary alicyclic amines) is 1. The highest BCUT2D eigenvalue weighted by atomic mass is 16.6. The summed E-state index contributed by atoms with van der Waals surface area (Å²) in [5.41, 5.74) is 2.06. The third kappa shape index (κ3) is 4.23. The van der Waals surface area contributed by atoms with E-state index in [0.717, 1.165) is 11.3 Å². The average Bonchev–Trinajstić information content (AvgIpc) is 3.09. The number of benzene rings is 2. The van der Waals surface area contributed by atoms with Gasteiger partial charge in [-0.25, -0.2) is 0 Å². The normalized spacial score (nSPS) is 17.1. The highest BCUT2D eigenvalue weighted by Gasteiger charge is 2.46. The van der Waals surface area contributed by atoms with Crippen LogP contribution in [0.5, 0.6) is 0 Å². The second-order valence-electron chi connectivity index (χ2n) is 8.08. The average molecular weight is 458 g/mol. The maximum Gasteiger partial charge on any atom is 0.295 e. The van der Waals surface area contributed by atoms with Crippen LogP contribution in [0.1, 0.15) is 22.7 Å². The van der Waals surface area contributed by atoms with Gasteiger partial charge in [-0.2, -0.15) is 0 Å². The van der Waals surface area contributed by atoms with Gasteiger partial charge in [0.1, 0.15) is 5.76 Å². The number of aromatic nitrogens is 1. The molecule has 9 heteroatoms. The number of anilines is 1. The van der Waals surface area contributed by atoms with E-state index in [9.17, 15) is 24.8 Å². The third-order valence-electron chi connectivity index (χ3n) is 5.70. The minimum atomic E-state index is -0.872. The predicted molar refractivity (Wildman–Crippen MR) is 126 cm³/mol. The van der Waals surface area contributed by atoms with Crippen LogP contribution in [0.25, 0.3) is 5.76 Å². The third-order valence-corrected chi connectivity index (χ3v) is 5.70.